The number of carbonyl (C=O) groups excluding carboxylic acids is 2. The monoisotopic (exact) mass is 426 g/mol. The summed E-state index contributed by atoms with van der Waals surface area (Å²) < 4.78 is 5.62. The van der Waals surface area contributed by atoms with Crippen LogP contribution in [0.2, 0.25) is 0 Å². The first-order valence-corrected chi connectivity index (χ1v) is 9.75. The first kappa shape index (κ1) is 20.5. The van der Waals surface area contributed by atoms with Crippen molar-refractivity contribution >= 4 is 18.0 Å². The second kappa shape index (κ2) is 8.52. The van der Waals surface area contributed by atoms with Gasteiger partial charge in [0.2, 0.25) is 5.91 Å². The van der Waals surface area contributed by atoms with E-state index in [4.69, 9.17) is 20.4 Å². The van der Waals surface area contributed by atoms with Crippen LogP contribution in [-0.2, 0) is 16.2 Å². The Kier molecular flexibility index (Phi) is 5.63. The Hall–Kier alpha value is -3.79. The van der Waals surface area contributed by atoms with E-state index in [1.807, 2.05) is 30.3 Å². The maximum Gasteiger partial charge on any atom is 0.404 e. The highest BCUT2D eigenvalue weighted by Gasteiger charge is 2.50. The van der Waals surface area contributed by atoms with E-state index in [9.17, 15) is 14.4 Å². The molecule has 0 radical (unpaired) electrons. The summed E-state index contributed by atoms with van der Waals surface area (Å²) in [6.45, 7) is 0.718. The van der Waals surface area contributed by atoms with E-state index < -0.39 is 30.1 Å². The predicted molar refractivity (Wildman–Crippen MR) is 108 cm³/mol. The lowest BCUT2D eigenvalue weighted by Crippen LogP contribution is -2.41. The van der Waals surface area contributed by atoms with Crippen molar-refractivity contribution < 1.29 is 29.1 Å². The number of nitrogens with zero attached hydrogens (tertiary/aromatic N) is 2. The van der Waals surface area contributed by atoms with Gasteiger partial charge < -0.3 is 25.8 Å². The Bertz CT molecular complexity index is 999. The Labute approximate surface area is 178 Å². The van der Waals surface area contributed by atoms with Crippen molar-refractivity contribution in [1.29, 1.82) is 0 Å². The molecular weight excluding hydrogens is 404 g/mol. The van der Waals surface area contributed by atoms with Crippen molar-refractivity contribution in [1.82, 2.24) is 15.3 Å². The number of rotatable bonds is 8. The molecule has 0 aromatic heterocycles. The Morgan fingerprint density at radius 1 is 1.16 bits per heavy atom. The number of nitrogens with one attached hydrogen (secondary N) is 1. The van der Waals surface area contributed by atoms with Gasteiger partial charge in [0, 0.05) is 0 Å². The van der Waals surface area contributed by atoms with Gasteiger partial charge in [-0.15, -0.1) is 0 Å². The molecule has 4 N–H and O–H groups in total. The van der Waals surface area contributed by atoms with Crippen LogP contribution in [0.5, 0.6) is 5.75 Å². The molecule has 10 heteroatoms. The van der Waals surface area contributed by atoms with Crippen LogP contribution in [0.4, 0.5) is 9.59 Å². The maximum atomic E-state index is 13.0. The number of carboxylic acid groups (broad SMARTS) is 1. The number of nitrogens with two attached hydrogens (primary N) is 1. The number of benzene rings is 2. The zero-order valence-corrected chi connectivity index (χ0v) is 16.6. The number of urea groups is 1. The Morgan fingerprint density at radius 3 is 2.65 bits per heavy atom. The fourth-order valence-electron chi connectivity index (χ4n) is 3.88. The summed E-state index contributed by atoms with van der Waals surface area (Å²) in [4.78, 5) is 43.0. The van der Waals surface area contributed by atoms with Gasteiger partial charge in [-0.05, 0) is 28.8 Å². The summed E-state index contributed by atoms with van der Waals surface area (Å²) in [5.41, 5.74) is 7.86. The summed E-state index contributed by atoms with van der Waals surface area (Å²) in [5.74, 6) is -0.137. The fraction of sp³-hybridized carbons (Fsp3) is 0.286. The summed E-state index contributed by atoms with van der Waals surface area (Å²) in [5, 5.41) is 12.1. The smallest absolute Gasteiger partial charge is 0.404 e. The predicted octanol–water partition coefficient (Wildman–Crippen LogP) is 1.78. The minimum absolute atomic E-state index is 0.123. The molecule has 0 saturated carbocycles. The van der Waals surface area contributed by atoms with Crippen LogP contribution in [-0.4, -0.2) is 52.8 Å². The van der Waals surface area contributed by atoms with Gasteiger partial charge in [0.25, 0.3) is 0 Å². The molecule has 1 unspecified atom stereocenters. The van der Waals surface area contributed by atoms with E-state index in [2.05, 4.69) is 5.32 Å². The molecule has 0 aliphatic carbocycles. The van der Waals surface area contributed by atoms with Gasteiger partial charge >= 0.3 is 12.1 Å². The minimum Gasteiger partial charge on any atom is -0.492 e. The number of amides is 4. The molecule has 2 heterocycles. The van der Waals surface area contributed by atoms with Crippen molar-refractivity contribution in [3.63, 3.8) is 0 Å². The number of hydroxylamine groups is 2. The van der Waals surface area contributed by atoms with Gasteiger partial charge in [-0.3, -0.25) is 9.63 Å². The van der Waals surface area contributed by atoms with Crippen molar-refractivity contribution in [3.8, 4) is 5.75 Å². The standard InChI is InChI=1S/C21H22N4O6/c22-19(26)18-15-7-6-14(30-9-8-23-20(27)28)10-16(15)17-11-24(18)21(29)25(17)31-12-13-4-2-1-3-5-13/h1-7,10,17-18,23H,8-9,11-12H2,(H2,22,26)(H,27,28)/t17-,18?/m1/s1. The van der Waals surface area contributed by atoms with E-state index in [0.29, 0.717) is 16.9 Å². The number of ether oxygens (including phenoxy) is 1. The van der Waals surface area contributed by atoms with E-state index in [0.717, 1.165) is 5.56 Å². The van der Waals surface area contributed by atoms with E-state index in [1.54, 1.807) is 18.2 Å². The van der Waals surface area contributed by atoms with Crippen LogP contribution in [0.25, 0.3) is 0 Å². The van der Waals surface area contributed by atoms with Gasteiger partial charge in [-0.25, -0.2) is 9.59 Å². The molecule has 2 atom stereocenters. The van der Waals surface area contributed by atoms with Crippen molar-refractivity contribution in [2.24, 2.45) is 5.73 Å². The number of primary amides is 1. The molecule has 2 aromatic rings. The SMILES string of the molecule is NC(=O)C1c2ccc(OCCNC(=O)O)cc2[C@H]2CN1C(=O)N2OCc1ccccc1. The molecule has 162 valence electrons. The molecule has 1 saturated heterocycles. The van der Waals surface area contributed by atoms with E-state index in [-0.39, 0.29) is 26.3 Å². The first-order valence-electron chi connectivity index (χ1n) is 9.75. The zero-order valence-electron chi connectivity index (χ0n) is 16.6. The lowest BCUT2D eigenvalue weighted by Gasteiger charge is -2.31. The van der Waals surface area contributed by atoms with E-state index in [1.165, 1.54) is 9.96 Å². The van der Waals surface area contributed by atoms with Crippen LogP contribution < -0.4 is 15.8 Å². The lowest BCUT2D eigenvalue weighted by atomic mass is 9.90. The van der Waals surface area contributed by atoms with Gasteiger partial charge in [-0.1, -0.05) is 36.4 Å². The maximum absolute atomic E-state index is 13.0. The molecule has 2 bridgehead atoms. The normalized spacial score (nSPS) is 19.2. The molecule has 4 amide bonds. The summed E-state index contributed by atoms with van der Waals surface area (Å²) in [6.07, 6.45) is -1.13. The first-order chi connectivity index (χ1) is 15.0. The molecule has 2 aliphatic heterocycles. The molecular formula is C21H22N4O6. The highest BCUT2D eigenvalue weighted by atomic mass is 16.7. The van der Waals surface area contributed by atoms with Crippen LogP contribution in [0, 0.1) is 0 Å². The highest BCUT2D eigenvalue weighted by molar-refractivity contribution is 5.90. The fourth-order valence-corrected chi connectivity index (χ4v) is 3.88. The third kappa shape index (κ3) is 4.10. The summed E-state index contributed by atoms with van der Waals surface area (Å²) >= 11 is 0. The largest absolute Gasteiger partial charge is 0.492 e. The molecule has 4 rings (SSSR count). The van der Waals surface area contributed by atoms with Crippen LogP contribution in [0.15, 0.2) is 48.5 Å². The zero-order chi connectivity index (χ0) is 22.0. The highest BCUT2D eigenvalue weighted by Crippen LogP contribution is 2.45. The van der Waals surface area contributed by atoms with Gasteiger partial charge in [0.05, 0.1) is 13.1 Å². The average Bonchev–Trinajstić information content (AvgIpc) is 3.03. The molecule has 0 spiro atoms. The second-order valence-electron chi connectivity index (χ2n) is 7.21. The Morgan fingerprint density at radius 2 is 1.94 bits per heavy atom. The molecule has 2 aromatic carbocycles. The van der Waals surface area contributed by atoms with Crippen LogP contribution in [0.3, 0.4) is 0 Å². The Balaban J connectivity index is 1.57. The number of fused-ring (bicyclic) bond motifs is 4. The van der Waals surface area contributed by atoms with Gasteiger partial charge in [0.1, 0.15) is 31.0 Å². The molecule has 31 heavy (non-hydrogen) atoms. The second-order valence-corrected chi connectivity index (χ2v) is 7.21. The molecule has 10 nitrogen and oxygen atoms in total. The summed E-state index contributed by atoms with van der Waals surface area (Å²) in [6, 6.07) is 12.8. The minimum atomic E-state index is -1.13. The third-order valence-electron chi connectivity index (χ3n) is 5.24. The van der Waals surface area contributed by atoms with Gasteiger partial charge in [0.15, 0.2) is 0 Å². The number of hydrogen-bond acceptors (Lipinski definition) is 5. The molecule has 1 fully saturated rings. The number of carbonyl (C=O) groups is 3. The van der Waals surface area contributed by atoms with Crippen molar-refractivity contribution in [3.05, 3.63) is 65.2 Å². The topological polar surface area (TPSA) is 134 Å². The van der Waals surface area contributed by atoms with E-state index >= 15 is 0 Å². The van der Waals surface area contributed by atoms with Gasteiger partial charge in [-0.2, -0.15) is 5.06 Å². The number of hydrogen-bond donors (Lipinski definition) is 3. The van der Waals surface area contributed by atoms with Crippen molar-refractivity contribution in [2.45, 2.75) is 18.7 Å². The summed E-state index contributed by atoms with van der Waals surface area (Å²) in [7, 11) is 0. The molecule has 2 aliphatic rings. The quantitative estimate of drug-likeness (QED) is 0.551. The van der Waals surface area contributed by atoms with Crippen LogP contribution in [0.1, 0.15) is 28.8 Å². The lowest BCUT2D eigenvalue weighted by molar-refractivity contribution is -0.141. The average molecular weight is 426 g/mol. The van der Waals surface area contributed by atoms with Crippen LogP contribution >= 0.6 is 0 Å². The van der Waals surface area contributed by atoms with Crippen molar-refractivity contribution in [2.75, 3.05) is 19.7 Å². The third-order valence-corrected chi connectivity index (χ3v) is 5.24.